The van der Waals surface area contributed by atoms with Crippen LogP contribution in [0.4, 0.5) is 13.2 Å². The Morgan fingerprint density at radius 1 is 1.25 bits per heavy atom. The third-order valence-electron chi connectivity index (χ3n) is 5.05. The lowest BCUT2D eigenvalue weighted by Gasteiger charge is -2.32. The highest BCUT2D eigenvalue weighted by Crippen LogP contribution is 2.34. The van der Waals surface area contributed by atoms with E-state index in [0.29, 0.717) is 32.1 Å². The van der Waals surface area contributed by atoms with Gasteiger partial charge in [0.05, 0.1) is 20.7 Å². The van der Waals surface area contributed by atoms with Crippen molar-refractivity contribution < 1.29 is 31.1 Å². The van der Waals surface area contributed by atoms with Crippen molar-refractivity contribution in [3.63, 3.8) is 0 Å². The zero-order valence-electron chi connectivity index (χ0n) is 15.8. The molecular formula is C18H25F3N2O4S. The number of halogens is 3. The molecular weight excluding hydrogens is 397 g/mol. The zero-order chi connectivity index (χ0) is 21.2. The molecule has 10 heteroatoms. The Hall–Kier alpha value is -1.65. The van der Waals surface area contributed by atoms with Gasteiger partial charge in [-0.05, 0) is 51.3 Å². The molecule has 0 aromatic heterocycles. The second-order valence-electron chi connectivity index (χ2n) is 7.56. The Kier molecular flexibility index (Phi) is 6.47. The molecule has 1 fully saturated rings. The third kappa shape index (κ3) is 4.84. The normalized spacial score (nSPS) is 17.9. The number of amides is 1. The Bertz CT molecular complexity index is 816. The second-order valence-corrected chi connectivity index (χ2v) is 10.1. The van der Waals surface area contributed by atoms with Crippen molar-refractivity contribution in [2.45, 2.75) is 54.5 Å². The molecule has 0 atom stereocenters. The van der Waals surface area contributed by atoms with Gasteiger partial charge in [-0.15, -0.1) is 0 Å². The van der Waals surface area contributed by atoms with Crippen LogP contribution in [0.15, 0.2) is 29.2 Å². The number of benzene rings is 1. The highest BCUT2D eigenvalue weighted by atomic mass is 32.2. The van der Waals surface area contributed by atoms with Crippen LogP contribution in [0, 0.1) is 0 Å². The van der Waals surface area contributed by atoms with E-state index < -0.39 is 36.8 Å². The first-order chi connectivity index (χ1) is 12.8. The van der Waals surface area contributed by atoms with Crippen molar-refractivity contribution in [2.75, 3.05) is 19.8 Å². The van der Waals surface area contributed by atoms with Crippen LogP contribution in [-0.2, 0) is 25.5 Å². The smallest absolute Gasteiger partial charge is 0.381 e. The molecule has 1 amide bonds. The molecule has 0 saturated carbocycles. The maximum atomic E-state index is 12.9. The minimum absolute atomic E-state index is 0.0178. The number of sulfone groups is 1. The molecule has 1 saturated heterocycles. The van der Waals surface area contributed by atoms with Crippen LogP contribution < -0.4 is 11.1 Å². The molecule has 0 unspecified atom stereocenters. The van der Waals surface area contributed by atoms with Gasteiger partial charge in [-0.2, -0.15) is 13.2 Å². The number of nitrogens with one attached hydrogen (secondary N) is 1. The number of carbonyl (C=O) groups excluding carboxylic acids is 1. The Morgan fingerprint density at radius 3 is 2.43 bits per heavy atom. The van der Waals surface area contributed by atoms with Gasteiger partial charge in [0.1, 0.15) is 0 Å². The first-order valence-electron chi connectivity index (χ1n) is 8.86. The van der Waals surface area contributed by atoms with E-state index in [9.17, 15) is 26.4 Å². The van der Waals surface area contributed by atoms with Gasteiger partial charge in [-0.1, -0.05) is 6.07 Å². The average Bonchev–Trinajstić information content (AvgIpc) is 2.61. The number of ether oxygens (including phenoxy) is 1. The van der Waals surface area contributed by atoms with E-state index in [1.807, 2.05) is 0 Å². The van der Waals surface area contributed by atoms with Crippen molar-refractivity contribution in [2.24, 2.45) is 5.73 Å². The maximum Gasteiger partial charge on any atom is 0.416 e. The molecule has 158 valence electrons. The summed E-state index contributed by atoms with van der Waals surface area (Å²) in [5.41, 5.74) is 3.99. The van der Waals surface area contributed by atoms with Crippen LogP contribution in [0.1, 0.15) is 38.7 Å². The molecule has 28 heavy (non-hydrogen) atoms. The van der Waals surface area contributed by atoms with Crippen molar-refractivity contribution in [1.29, 1.82) is 0 Å². The zero-order valence-corrected chi connectivity index (χ0v) is 16.6. The Labute approximate surface area is 162 Å². The number of nitrogens with two attached hydrogens (primary N) is 1. The van der Waals surface area contributed by atoms with Gasteiger partial charge in [-0.25, -0.2) is 8.42 Å². The fourth-order valence-corrected chi connectivity index (χ4v) is 4.46. The van der Waals surface area contributed by atoms with Crippen LogP contribution in [0.2, 0.25) is 0 Å². The summed E-state index contributed by atoms with van der Waals surface area (Å²) in [4.78, 5) is 11.9. The first-order valence-corrected chi connectivity index (χ1v) is 10.3. The van der Waals surface area contributed by atoms with Gasteiger partial charge in [0.15, 0.2) is 9.84 Å². The fraction of sp³-hybridized carbons (Fsp3) is 0.611. The third-order valence-corrected chi connectivity index (χ3v) is 7.58. The second kappa shape index (κ2) is 8.00. The van der Waals surface area contributed by atoms with E-state index in [-0.39, 0.29) is 18.9 Å². The van der Waals surface area contributed by atoms with Crippen LogP contribution >= 0.6 is 0 Å². The van der Waals surface area contributed by atoms with Gasteiger partial charge in [0, 0.05) is 19.8 Å². The van der Waals surface area contributed by atoms with E-state index in [0.717, 1.165) is 18.2 Å². The summed E-state index contributed by atoms with van der Waals surface area (Å²) >= 11 is 0. The van der Waals surface area contributed by atoms with Crippen LogP contribution in [0.25, 0.3) is 0 Å². The van der Waals surface area contributed by atoms with Gasteiger partial charge < -0.3 is 15.8 Å². The molecule has 6 nitrogen and oxygen atoms in total. The quantitative estimate of drug-likeness (QED) is 0.733. The van der Waals surface area contributed by atoms with Gasteiger partial charge in [-0.3, -0.25) is 4.79 Å². The highest BCUT2D eigenvalue weighted by Gasteiger charge is 2.39. The number of alkyl halides is 3. The molecule has 1 aliphatic heterocycles. The summed E-state index contributed by atoms with van der Waals surface area (Å²) in [6.45, 7) is 3.62. The van der Waals surface area contributed by atoms with E-state index in [1.54, 1.807) is 0 Å². The number of rotatable bonds is 6. The van der Waals surface area contributed by atoms with Crippen LogP contribution in [0.3, 0.4) is 0 Å². The molecule has 1 aromatic carbocycles. The van der Waals surface area contributed by atoms with Crippen LogP contribution in [0.5, 0.6) is 0 Å². The number of hydrogen-bond acceptors (Lipinski definition) is 5. The lowest BCUT2D eigenvalue weighted by atomic mass is 9.90. The number of hydrogen-bond donors (Lipinski definition) is 2. The Balaban J connectivity index is 2.08. The number of carbonyl (C=O) groups is 1. The highest BCUT2D eigenvalue weighted by molar-refractivity contribution is 7.92. The minimum Gasteiger partial charge on any atom is -0.381 e. The minimum atomic E-state index is -4.64. The van der Waals surface area contributed by atoms with E-state index in [1.165, 1.54) is 13.8 Å². The van der Waals surface area contributed by atoms with E-state index in [2.05, 4.69) is 5.32 Å². The van der Waals surface area contributed by atoms with Gasteiger partial charge in [0.25, 0.3) is 0 Å². The summed E-state index contributed by atoms with van der Waals surface area (Å²) in [6, 6.07) is 3.66. The molecule has 0 aliphatic carbocycles. The summed E-state index contributed by atoms with van der Waals surface area (Å²) in [6.07, 6.45) is -3.89. The predicted molar refractivity (Wildman–Crippen MR) is 97.3 cm³/mol. The van der Waals surface area contributed by atoms with Crippen molar-refractivity contribution in [1.82, 2.24) is 5.32 Å². The topological polar surface area (TPSA) is 98.5 Å². The fourth-order valence-electron chi connectivity index (χ4n) is 2.91. The largest absolute Gasteiger partial charge is 0.416 e. The van der Waals surface area contributed by atoms with E-state index in [4.69, 9.17) is 10.5 Å². The molecule has 1 aromatic rings. The molecule has 0 radical (unpaired) electrons. The Morgan fingerprint density at radius 2 is 1.86 bits per heavy atom. The van der Waals surface area contributed by atoms with Crippen molar-refractivity contribution >= 4 is 15.7 Å². The molecule has 0 bridgehead atoms. The van der Waals surface area contributed by atoms with E-state index >= 15 is 0 Å². The molecule has 2 rings (SSSR count). The van der Waals surface area contributed by atoms with Crippen molar-refractivity contribution in [3.05, 3.63) is 29.8 Å². The lowest BCUT2D eigenvalue weighted by Crippen LogP contribution is -2.57. The van der Waals surface area contributed by atoms with Crippen molar-refractivity contribution in [3.8, 4) is 0 Å². The SMILES string of the molecule is CC(C)(CCNC(=O)C1(N)CCOCC1)S(=O)(=O)c1cccc(C(F)(F)F)c1. The molecule has 3 N–H and O–H groups in total. The summed E-state index contributed by atoms with van der Waals surface area (Å²) < 4.78 is 68.2. The molecule has 1 heterocycles. The monoisotopic (exact) mass is 422 g/mol. The lowest BCUT2D eigenvalue weighted by molar-refractivity contribution is -0.137. The van der Waals surface area contributed by atoms with Gasteiger partial charge >= 0.3 is 6.18 Å². The van der Waals surface area contributed by atoms with Gasteiger partial charge in [0.2, 0.25) is 5.91 Å². The first kappa shape index (κ1) is 22.6. The predicted octanol–water partition coefficient (Wildman–Crippen LogP) is 2.27. The molecule has 0 spiro atoms. The summed E-state index contributed by atoms with van der Waals surface area (Å²) in [5, 5.41) is 2.64. The average molecular weight is 422 g/mol. The summed E-state index contributed by atoms with van der Waals surface area (Å²) in [5.74, 6) is -0.386. The standard InChI is InChI=1S/C18H25F3N2O4S/c1-16(2,6-9-23-15(24)17(22)7-10-27-11-8-17)28(25,26)14-5-3-4-13(12-14)18(19,20)21/h3-5,12H,6-11,22H2,1-2H3,(H,23,24). The van der Waals surface area contributed by atoms with Crippen LogP contribution in [-0.4, -0.2) is 44.4 Å². The molecule has 1 aliphatic rings. The maximum absolute atomic E-state index is 12.9. The summed E-state index contributed by atoms with van der Waals surface area (Å²) in [7, 11) is -4.06.